The number of amides is 1. The predicted octanol–water partition coefficient (Wildman–Crippen LogP) is 2.47. The molecule has 0 fully saturated rings. The predicted molar refractivity (Wildman–Crippen MR) is 74.2 cm³/mol. The van der Waals surface area contributed by atoms with Crippen molar-refractivity contribution in [3.05, 3.63) is 57.8 Å². The maximum atomic E-state index is 12.1. The monoisotopic (exact) mass is 290 g/mol. The molecule has 0 unspecified atom stereocenters. The zero-order chi connectivity index (χ0) is 15.4. The van der Waals surface area contributed by atoms with Crippen molar-refractivity contribution in [3.8, 4) is 5.75 Å². The van der Waals surface area contributed by atoms with Crippen molar-refractivity contribution in [1.29, 1.82) is 0 Å². The summed E-state index contributed by atoms with van der Waals surface area (Å²) in [6, 6.07) is 9.73. The van der Waals surface area contributed by atoms with Crippen molar-refractivity contribution < 1.29 is 18.9 Å². The number of nitro groups is 1. The fourth-order valence-electron chi connectivity index (χ4n) is 1.81. The molecule has 7 nitrogen and oxygen atoms in total. The van der Waals surface area contributed by atoms with Gasteiger partial charge >= 0.3 is 5.88 Å². The highest BCUT2D eigenvalue weighted by Crippen LogP contribution is 2.18. The minimum Gasteiger partial charge on any atom is -0.497 e. The first-order chi connectivity index (χ1) is 10.0. The van der Waals surface area contributed by atoms with E-state index >= 15 is 0 Å². The molecule has 7 heteroatoms. The van der Waals surface area contributed by atoms with E-state index in [4.69, 9.17) is 9.15 Å². The molecule has 0 saturated heterocycles. The molecule has 1 aromatic carbocycles. The minimum absolute atomic E-state index is 0.0577. The Morgan fingerprint density at radius 1 is 1.29 bits per heavy atom. The Bertz CT molecular complexity index is 648. The number of hydrogen-bond donors (Lipinski definition) is 0. The topological polar surface area (TPSA) is 85.8 Å². The lowest BCUT2D eigenvalue weighted by Gasteiger charge is -2.15. The summed E-state index contributed by atoms with van der Waals surface area (Å²) < 4.78 is 9.95. The molecule has 2 aromatic rings. The molecule has 110 valence electrons. The first-order valence-corrected chi connectivity index (χ1v) is 6.14. The highest BCUT2D eigenvalue weighted by atomic mass is 16.6. The molecule has 0 N–H and O–H groups in total. The average Bonchev–Trinajstić information content (AvgIpc) is 2.97. The average molecular weight is 290 g/mol. The van der Waals surface area contributed by atoms with Crippen molar-refractivity contribution in [2.45, 2.75) is 6.54 Å². The van der Waals surface area contributed by atoms with E-state index in [0.29, 0.717) is 6.54 Å². The first-order valence-electron chi connectivity index (χ1n) is 6.14. The zero-order valence-corrected chi connectivity index (χ0v) is 11.6. The van der Waals surface area contributed by atoms with Gasteiger partial charge < -0.3 is 14.1 Å². The molecular weight excluding hydrogens is 276 g/mol. The van der Waals surface area contributed by atoms with Gasteiger partial charge in [-0.15, -0.1) is 0 Å². The normalized spacial score (nSPS) is 10.2. The molecule has 0 spiro atoms. The van der Waals surface area contributed by atoms with E-state index in [1.165, 1.54) is 11.0 Å². The van der Waals surface area contributed by atoms with Gasteiger partial charge in [0.1, 0.15) is 10.7 Å². The Morgan fingerprint density at radius 3 is 2.48 bits per heavy atom. The van der Waals surface area contributed by atoms with Gasteiger partial charge in [0, 0.05) is 13.6 Å². The lowest BCUT2D eigenvalue weighted by molar-refractivity contribution is -0.402. The zero-order valence-electron chi connectivity index (χ0n) is 11.6. The van der Waals surface area contributed by atoms with Gasteiger partial charge in [-0.2, -0.15) is 0 Å². The SMILES string of the molecule is COc1ccc(CN(C)C(=O)c2ccc([N+](=O)[O-])o2)cc1. The Balaban J connectivity index is 2.05. The van der Waals surface area contributed by atoms with Crippen LogP contribution in [0.2, 0.25) is 0 Å². The van der Waals surface area contributed by atoms with Crippen LogP contribution in [0.25, 0.3) is 0 Å². The number of hydrogen-bond acceptors (Lipinski definition) is 5. The first kappa shape index (κ1) is 14.6. The van der Waals surface area contributed by atoms with Crippen LogP contribution in [0.15, 0.2) is 40.8 Å². The van der Waals surface area contributed by atoms with Crippen molar-refractivity contribution in [2.24, 2.45) is 0 Å². The third-order valence-electron chi connectivity index (χ3n) is 2.91. The van der Waals surface area contributed by atoms with Crippen LogP contribution in [0.1, 0.15) is 16.1 Å². The van der Waals surface area contributed by atoms with Crippen LogP contribution in [-0.4, -0.2) is 29.9 Å². The van der Waals surface area contributed by atoms with E-state index < -0.39 is 16.7 Å². The summed E-state index contributed by atoms with van der Waals surface area (Å²) in [7, 11) is 3.18. The third kappa shape index (κ3) is 3.38. The molecule has 0 radical (unpaired) electrons. The molecule has 1 heterocycles. The largest absolute Gasteiger partial charge is 0.497 e. The standard InChI is InChI=1S/C14H14N2O5/c1-15(9-10-3-5-11(20-2)6-4-10)14(17)12-7-8-13(21-12)16(18)19/h3-8H,9H2,1-2H3. The molecular formula is C14H14N2O5. The number of carbonyl (C=O) groups is 1. The maximum absolute atomic E-state index is 12.1. The molecule has 2 rings (SSSR count). The summed E-state index contributed by atoms with van der Waals surface area (Å²) >= 11 is 0. The molecule has 0 atom stereocenters. The summed E-state index contributed by atoms with van der Waals surface area (Å²) in [4.78, 5) is 23.4. The maximum Gasteiger partial charge on any atom is 0.433 e. The summed E-state index contributed by atoms with van der Waals surface area (Å²) in [6.45, 7) is 0.358. The van der Waals surface area contributed by atoms with E-state index in [-0.39, 0.29) is 5.76 Å². The number of methoxy groups -OCH3 is 1. The Kier molecular flexibility index (Phi) is 4.22. The van der Waals surface area contributed by atoms with Gasteiger partial charge in [0.25, 0.3) is 5.91 Å². The van der Waals surface area contributed by atoms with Crippen molar-refractivity contribution in [3.63, 3.8) is 0 Å². The summed E-state index contributed by atoms with van der Waals surface area (Å²) in [5.74, 6) is -0.192. The van der Waals surface area contributed by atoms with Crippen LogP contribution in [0.3, 0.4) is 0 Å². The molecule has 0 bridgehead atoms. The third-order valence-corrected chi connectivity index (χ3v) is 2.91. The molecule has 0 aliphatic heterocycles. The minimum atomic E-state index is -0.680. The summed E-state index contributed by atoms with van der Waals surface area (Å²) in [6.07, 6.45) is 0. The van der Waals surface area contributed by atoms with E-state index in [0.717, 1.165) is 17.4 Å². The van der Waals surface area contributed by atoms with E-state index in [1.54, 1.807) is 26.3 Å². The van der Waals surface area contributed by atoms with Crippen LogP contribution in [0.4, 0.5) is 5.88 Å². The summed E-state index contributed by atoms with van der Waals surface area (Å²) in [5.41, 5.74) is 0.910. The number of rotatable bonds is 5. The molecule has 21 heavy (non-hydrogen) atoms. The van der Waals surface area contributed by atoms with E-state index in [1.807, 2.05) is 12.1 Å². The second kappa shape index (κ2) is 6.08. The number of nitrogens with zero attached hydrogens (tertiary/aromatic N) is 2. The van der Waals surface area contributed by atoms with Gasteiger partial charge in [-0.25, -0.2) is 0 Å². The van der Waals surface area contributed by atoms with Crippen LogP contribution in [0.5, 0.6) is 5.75 Å². The highest BCUT2D eigenvalue weighted by Gasteiger charge is 2.20. The van der Waals surface area contributed by atoms with E-state index in [9.17, 15) is 14.9 Å². The van der Waals surface area contributed by atoms with Crippen LogP contribution < -0.4 is 4.74 Å². The van der Waals surface area contributed by atoms with Crippen molar-refractivity contribution >= 4 is 11.8 Å². The lowest BCUT2D eigenvalue weighted by Crippen LogP contribution is -2.25. The van der Waals surface area contributed by atoms with Gasteiger partial charge in [-0.05, 0) is 23.8 Å². The molecule has 0 aliphatic carbocycles. The van der Waals surface area contributed by atoms with Gasteiger partial charge in [-0.3, -0.25) is 14.9 Å². The number of benzene rings is 1. The highest BCUT2D eigenvalue weighted by molar-refractivity contribution is 5.91. The van der Waals surface area contributed by atoms with Gasteiger partial charge in [0.15, 0.2) is 5.76 Å². The number of carbonyl (C=O) groups excluding carboxylic acids is 1. The fraction of sp³-hybridized carbons (Fsp3) is 0.214. The Labute approximate surface area is 120 Å². The van der Waals surface area contributed by atoms with Crippen molar-refractivity contribution in [2.75, 3.05) is 14.2 Å². The Morgan fingerprint density at radius 2 is 1.95 bits per heavy atom. The number of furan rings is 1. The fourth-order valence-corrected chi connectivity index (χ4v) is 1.81. The van der Waals surface area contributed by atoms with Gasteiger partial charge in [0.2, 0.25) is 0 Å². The van der Waals surface area contributed by atoms with Gasteiger partial charge in [-0.1, -0.05) is 12.1 Å². The van der Waals surface area contributed by atoms with Crippen LogP contribution >= 0.6 is 0 Å². The molecule has 0 aliphatic rings. The van der Waals surface area contributed by atoms with Crippen molar-refractivity contribution in [1.82, 2.24) is 4.90 Å². The molecule has 0 saturated carbocycles. The van der Waals surface area contributed by atoms with E-state index in [2.05, 4.69) is 0 Å². The van der Waals surface area contributed by atoms with Crippen LogP contribution in [0, 0.1) is 10.1 Å². The quantitative estimate of drug-likeness (QED) is 0.623. The smallest absolute Gasteiger partial charge is 0.433 e. The van der Waals surface area contributed by atoms with Gasteiger partial charge in [0.05, 0.1) is 13.2 Å². The number of ether oxygens (including phenoxy) is 1. The summed E-state index contributed by atoms with van der Waals surface area (Å²) in [5, 5.41) is 10.5. The van der Waals surface area contributed by atoms with Crippen LogP contribution in [-0.2, 0) is 6.54 Å². The second-order valence-electron chi connectivity index (χ2n) is 4.40. The lowest BCUT2D eigenvalue weighted by atomic mass is 10.2. The Hall–Kier alpha value is -2.83. The second-order valence-corrected chi connectivity index (χ2v) is 4.40. The molecule has 1 aromatic heterocycles. The molecule has 1 amide bonds.